The number of hydrogen-bond donors (Lipinski definition) is 2. The summed E-state index contributed by atoms with van der Waals surface area (Å²) in [6, 6.07) is 8.98. The predicted molar refractivity (Wildman–Crippen MR) is 89.6 cm³/mol. The summed E-state index contributed by atoms with van der Waals surface area (Å²) in [4.78, 5) is 8.64. The van der Waals surface area contributed by atoms with Crippen LogP contribution in [0.15, 0.2) is 35.1 Å². The summed E-state index contributed by atoms with van der Waals surface area (Å²) >= 11 is 3.60. The van der Waals surface area contributed by atoms with Gasteiger partial charge in [0.1, 0.15) is 22.4 Å². The van der Waals surface area contributed by atoms with Crippen LogP contribution < -0.4 is 10.6 Å². The number of aryl methyl sites for hydroxylation is 1. The van der Waals surface area contributed by atoms with Crippen molar-refractivity contribution in [2.24, 2.45) is 0 Å². The Morgan fingerprint density at radius 2 is 2.05 bits per heavy atom. The quantitative estimate of drug-likeness (QED) is 0.872. The summed E-state index contributed by atoms with van der Waals surface area (Å²) in [6.07, 6.45) is 5.10. The van der Waals surface area contributed by atoms with Gasteiger partial charge in [-0.2, -0.15) is 0 Å². The highest BCUT2D eigenvalue weighted by atomic mass is 79.9. The minimum Gasteiger partial charge on any atom is -0.369 e. The molecule has 0 fully saturated rings. The molecule has 2 N–H and O–H groups in total. The van der Waals surface area contributed by atoms with Gasteiger partial charge in [0.2, 0.25) is 0 Å². The Bertz CT molecular complexity index is 629. The van der Waals surface area contributed by atoms with E-state index >= 15 is 0 Å². The van der Waals surface area contributed by atoms with Crippen LogP contribution in [0.25, 0.3) is 0 Å². The fourth-order valence-electron chi connectivity index (χ4n) is 2.83. The number of benzene rings is 1. The molecule has 1 aromatic carbocycles. The molecule has 1 heterocycles. The summed E-state index contributed by atoms with van der Waals surface area (Å²) in [6.45, 7) is 2.89. The van der Waals surface area contributed by atoms with Crippen LogP contribution in [0.3, 0.4) is 0 Å². The maximum atomic E-state index is 4.38. The third-order valence-corrected chi connectivity index (χ3v) is 4.57. The lowest BCUT2D eigenvalue weighted by Gasteiger charge is -2.27. The van der Waals surface area contributed by atoms with E-state index in [1.54, 1.807) is 6.33 Å². The molecule has 3 rings (SSSR count). The second kappa shape index (κ2) is 6.43. The summed E-state index contributed by atoms with van der Waals surface area (Å²) in [5.41, 5.74) is 2.83. The zero-order valence-corrected chi connectivity index (χ0v) is 13.7. The van der Waals surface area contributed by atoms with Crippen LogP contribution in [-0.2, 0) is 6.42 Å². The number of fused-ring (bicyclic) bond motifs is 1. The molecule has 0 aliphatic heterocycles. The Kier molecular flexibility index (Phi) is 4.39. The second-order valence-corrected chi connectivity index (χ2v) is 6.00. The summed E-state index contributed by atoms with van der Waals surface area (Å²) in [5, 5.41) is 6.80. The van der Waals surface area contributed by atoms with Gasteiger partial charge in [-0.3, -0.25) is 0 Å². The smallest absolute Gasteiger partial charge is 0.146 e. The van der Waals surface area contributed by atoms with Crippen molar-refractivity contribution in [1.82, 2.24) is 9.97 Å². The summed E-state index contributed by atoms with van der Waals surface area (Å²) in [7, 11) is 0. The van der Waals surface area contributed by atoms with Crippen molar-refractivity contribution in [3.63, 3.8) is 0 Å². The minimum absolute atomic E-state index is 0.315. The first kappa shape index (κ1) is 14.3. The Hall–Kier alpha value is -1.62. The SMILES string of the molecule is CCNc1ncnc(NC2CCCc3ccccc32)c1Br. The Morgan fingerprint density at radius 1 is 1.24 bits per heavy atom. The number of nitrogens with one attached hydrogen (secondary N) is 2. The first-order valence-electron chi connectivity index (χ1n) is 7.38. The molecule has 0 radical (unpaired) electrons. The van der Waals surface area contributed by atoms with Crippen molar-refractivity contribution in [3.05, 3.63) is 46.2 Å². The van der Waals surface area contributed by atoms with Crippen molar-refractivity contribution < 1.29 is 0 Å². The molecule has 1 unspecified atom stereocenters. The number of hydrogen-bond acceptors (Lipinski definition) is 4. The third kappa shape index (κ3) is 3.02. The van der Waals surface area contributed by atoms with Crippen LogP contribution in [0, 0.1) is 0 Å². The van der Waals surface area contributed by atoms with Crippen LogP contribution in [0.4, 0.5) is 11.6 Å². The lowest BCUT2D eigenvalue weighted by atomic mass is 9.88. The van der Waals surface area contributed by atoms with Crippen LogP contribution in [0.1, 0.15) is 36.9 Å². The van der Waals surface area contributed by atoms with Crippen molar-refractivity contribution in [3.8, 4) is 0 Å². The summed E-state index contributed by atoms with van der Waals surface area (Å²) in [5.74, 6) is 1.68. The standard InChI is InChI=1S/C16H19BrN4/c1-2-18-15-14(17)16(20-10-19-15)21-13-9-5-7-11-6-3-4-8-12(11)13/h3-4,6,8,10,13H,2,5,7,9H2,1H3,(H2,18,19,20,21). The Balaban J connectivity index is 1.86. The highest BCUT2D eigenvalue weighted by Crippen LogP contribution is 2.35. The average molecular weight is 347 g/mol. The fraction of sp³-hybridized carbons (Fsp3) is 0.375. The van der Waals surface area contributed by atoms with Crippen molar-refractivity contribution in [1.29, 1.82) is 0 Å². The zero-order valence-electron chi connectivity index (χ0n) is 12.1. The van der Waals surface area contributed by atoms with Gasteiger partial charge >= 0.3 is 0 Å². The highest BCUT2D eigenvalue weighted by Gasteiger charge is 2.21. The van der Waals surface area contributed by atoms with E-state index in [9.17, 15) is 0 Å². The number of aromatic nitrogens is 2. The number of rotatable bonds is 4. The highest BCUT2D eigenvalue weighted by molar-refractivity contribution is 9.10. The van der Waals surface area contributed by atoms with E-state index in [4.69, 9.17) is 0 Å². The minimum atomic E-state index is 0.315. The first-order chi connectivity index (χ1) is 10.3. The van der Waals surface area contributed by atoms with E-state index in [0.717, 1.165) is 29.1 Å². The second-order valence-electron chi connectivity index (χ2n) is 5.20. The normalized spacial score (nSPS) is 17.1. The molecule has 0 spiro atoms. The molecule has 5 heteroatoms. The molecule has 0 saturated heterocycles. The van der Waals surface area contributed by atoms with Gasteiger partial charge in [-0.1, -0.05) is 24.3 Å². The van der Waals surface area contributed by atoms with Gasteiger partial charge in [0, 0.05) is 6.54 Å². The lowest BCUT2D eigenvalue weighted by Crippen LogP contribution is -2.18. The molecule has 4 nitrogen and oxygen atoms in total. The van der Waals surface area contributed by atoms with Gasteiger partial charge in [-0.05, 0) is 53.2 Å². The number of halogens is 1. The molecule has 0 amide bonds. The zero-order chi connectivity index (χ0) is 14.7. The molecule has 110 valence electrons. The largest absolute Gasteiger partial charge is 0.369 e. The maximum absolute atomic E-state index is 4.38. The van der Waals surface area contributed by atoms with E-state index < -0.39 is 0 Å². The maximum Gasteiger partial charge on any atom is 0.146 e. The van der Waals surface area contributed by atoms with E-state index in [-0.39, 0.29) is 0 Å². The number of nitrogens with zero attached hydrogens (tertiary/aromatic N) is 2. The van der Waals surface area contributed by atoms with Crippen molar-refractivity contribution >= 4 is 27.6 Å². The van der Waals surface area contributed by atoms with Gasteiger partial charge in [0.25, 0.3) is 0 Å². The molecule has 1 aliphatic rings. The predicted octanol–water partition coefficient (Wildman–Crippen LogP) is 4.16. The fourth-order valence-corrected chi connectivity index (χ4v) is 3.29. The number of anilines is 2. The van der Waals surface area contributed by atoms with E-state index in [1.807, 2.05) is 0 Å². The molecule has 1 aliphatic carbocycles. The van der Waals surface area contributed by atoms with Crippen molar-refractivity contribution in [2.75, 3.05) is 17.2 Å². The van der Waals surface area contributed by atoms with E-state index in [2.05, 4.69) is 67.7 Å². The monoisotopic (exact) mass is 346 g/mol. The molecule has 21 heavy (non-hydrogen) atoms. The average Bonchev–Trinajstić information content (AvgIpc) is 2.52. The molecule has 1 aromatic heterocycles. The molecule has 2 aromatic rings. The van der Waals surface area contributed by atoms with Gasteiger partial charge in [0.05, 0.1) is 6.04 Å². The molecule has 1 atom stereocenters. The van der Waals surface area contributed by atoms with E-state index in [1.165, 1.54) is 24.0 Å². The molecule has 0 bridgehead atoms. The molecular weight excluding hydrogens is 328 g/mol. The van der Waals surface area contributed by atoms with Crippen molar-refractivity contribution in [2.45, 2.75) is 32.2 Å². The van der Waals surface area contributed by atoms with Crippen LogP contribution in [0.5, 0.6) is 0 Å². The van der Waals surface area contributed by atoms with Crippen LogP contribution in [0.2, 0.25) is 0 Å². The van der Waals surface area contributed by atoms with Gasteiger partial charge in [-0.25, -0.2) is 9.97 Å². The van der Waals surface area contributed by atoms with Crippen LogP contribution in [-0.4, -0.2) is 16.5 Å². The van der Waals surface area contributed by atoms with Gasteiger partial charge in [0.15, 0.2) is 0 Å². The molecular formula is C16H19BrN4. The summed E-state index contributed by atoms with van der Waals surface area (Å²) < 4.78 is 0.898. The Labute approximate surface area is 133 Å². The Morgan fingerprint density at radius 3 is 2.90 bits per heavy atom. The molecule has 0 saturated carbocycles. The first-order valence-corrected chi connectivity index (χ1v) is 8.17. The van der Waals surface area contributed by atoms with Gasteiger partial charge < -0.3 is 10.6 Å². The van der Waals surface area contributed by atoms with Crippen LogP contribution >= 0.6 is 15.9 Å². The van der Waals surface area contributed by atoms with E-state index in [0.29, 0.717) is 6.04 Å². The van der Waals surface area contributed by atoms with Gasteiger partial charge in [-0.15, -0.1) is 0 Å². The third-order valence-electron chi connectivity index (χ3n) is 3.81. The topological polar surface area (TPSA) is 49.8 Å². The lowest BCUT2D eigenvalue weighted by molar-refractivity contribution is 0.598.